The van der Waals surface area contributed by atoms with Gasteiger partial charge >= 0.3 is 0 Å². The van der Waals surface area contributed by atoms with Crippen molar-refractivity contribution in [2.24, 2.45) is 0 Å². The number of thiophene rings is 1. The molecule has 2 aromatic carbocycles. The molecule has 0 aliphatic heterocycles. The summed E-state index contributed by atoms with van der Waals surface area (Å²) >= 11 is 13.8. The van der Waals surface area contributed by atoms with E-state index in [-0.39, 0.29) is 39.8 Å². The van der Waals surface area contributed by atoms with Gasteiger partial charge in [0.05, 0.1) is 18.1 Å². The number of carbonyl (C=O) groups excluding carboxylic acids is 1. The summed E-state index contributed by atoms with van der Waals surface area (Å²) in [6.07, 6.45) is 0.493. The Balaban J connectivity index is 1.95. The monoisotopic (exact) mass is 556 g/mol. The van der Waals surface area contributed by atoms with Crippen LogP contribution >= 0.6 is 34.5 Å². The van der Waals surface area contributed by atoms with Crippen LogP contribution in [0.15, 0.2) is 58.8 Å². The molecule has 5 nitrogen and oxygen atoms in total. The van der Waals surface area contributed by atoms with Gasteiger partial charge in [-0.15, -0.1) is 11.3 Å². The lowest BCUT2D eigenvalue weighted by molar-refractivity contribution is -0.133. The number of sulfonamides is 1. The van der Waals surface area contributed by atoms with Crippen molar-refractivity contribution >= 4 is 50.5 Å². The molecular formula is C25H27Cl2FN2O3S2. The smallest absolute Gasteiger partial charge is 0.245 e. The van der Waals surface area contributed by atoms with E-state index in [4.69, 9.17) is 23.2 Å². The highest BCUT2D eigenvalue weighted by molar-refractivity contribution is 7.89. The molecule has 188 valence electrons. The highest BCUT2D eigenvalue weighted by atomic mass is 35.5. The Morgan fingerprint density at radius 3 is 2.37 bits per heavy atom. The van der Waals surface area contributed by atoms with Crippen molar-refractivity contribution in [3.8, 4) is 0 Å². The largest absolute Gasteiger partial charge is 0.332 e. The number of rotatable bonds is 10. The van der Waals surface area contributed by atoms with E-state index in [0.717, 1.165) is 16.0 Å². The predicted octanol–water partition coefficient (Wildman–Crippen LogP) is 6.52. The molecule has 3 rings (SSSR count). The maximum absolute atomic E-state index is 13.6. The number of benzene rings is 2. The van der Waals surface area contributed by atoms with Crippen molar-refractivity contribution in [2.75, 3.05) is 6.54 Å². The van der Waals surface area contributed by atoms with Gasteiger partial charge in [0.25, 0.3) is 0 Å². The first-order valence-corrected chi connectivity index (χ1v) is 14.1. The zero-order valence-electron chi connectivity index (χ0n) is 19.7. The Bertz CT molecular complexity index is 1280. The second-order valence-corrected chi connectivity index (χ2v) is 12.0. The fraction of sp³-hybridized carbons (Fsp3) is 0.320. The van der Waals surface area contributed by atoms with E-state index in [1.807, 2.05) is 25.3 Å². The van der Waals surface area contributed by atoms with Crippen LogP contribution in [-0.4, -0.2) is 36.1 Å². The van der Waals surface area contributed by atoms with Crippen LogP contribution in [0.25, 0.3) is 0 Å². The van der Waals surface area contributed by atoms with Crippen LogP contribution in [0.1, 0.15) is 36.3 Å². The molecule has 1 heterocycles. The van der Waals surface area contributed by atoms with Gasteiger partial charge < -0.3 is 4.90 Å². The summed E-state index contributed by atoms with van der Waals surface area (Å²) in [6.45, 7) is 5.71. The molecule has 0 saturated carbocycles. The molecule has 1 amide bonds. The van der Waals surface area contributed by atoms with Gasteiger partial charge in [0.15, 0.2) is 0 Å². The van der Waals surface area contributed by atoms with Crippen LogP contribution in [0.2, 0.25) is 10.0 Å². The molecular weight excluding hydrogens is 530 g/mol. The average molecular weight is 558 g/mol. The van der Waals surface area contributed by atoms with Crippen molar-refractivity contribution in [3.63, 3.8) is 0 Å². The maximum Gasteiger partial charge on any atom is 0.245 e. The lowest BCUT2D eigenvalue weighted by atomic mass is 10.2. The van der Waals surface area contributed by atoms with Gasteiger partial charge in [0.1, 0.15) is 10.7 Å². The second kappa shape index (κ2) is 11.8. The van der Waals surface area contributed by atoms with Crippen LogP contribution in [0.4, 0.5) is 4.39 Å². The summed E-state index contributed by atoms with van der Waals surface area (Å²) in [4.78, 5) is 16.1. The Kier molecular flexibility index (Phi) is 9.34. The quantitative estimate of drug-likeness (QED) is 0.285. The van der Waals surface area contributed by atoms with Crippen LogP contribution in [-0.2, 0) is 27.9 Å². The van der Waals surface area contributed by atoms with Gasteiger partial charge in [0.2, 0.25) is 15.9 Å². The maximum atomic E-state index is 13.6. The van der Waals surface area contributed by atoms with Crippen molar-refractivity contribution in [1.82, 2.24) is 9.21 Å². The van der Waals surface area contributed by atoms with E-state index in [2.05, 4.69) is 0 Å². The van der Waals surface area contributed by atoms with Crippen molar-refractivity contribution < 1.29 is 17.6 Å². The highest BCUT2D eigenvalue weighted by Gasteiger charge is 2.33. The first-order chi connectivity index (χ1) is 16.5. The Hall–Kier alpha value is -1.97. The molecule has 1 atom stereocenters. The van der Waals surface area contributed by atoms with Crippen LogP contribution in [0.3, 0.4) is 0 Å². The van der Waals surface area contributed by atoms with E-state index in [0.29, 0.717) is 13.0 Å². The second-order valence-electron chi connectivity index (χ2n) is 8.29. The average Bonchev–Trinajstić information content (AvgIpc) is 3.23. The minimum absolute atomic E-state index is 0.0348. The van der Waals surface area contributed by atoms with Gasteiger partial charge in [-0.05, 0) is 73.2 Å². The van der Waals surface area contributed by atoms with Crippen LogP contribution < -0.4 is 0 Å². The summed E-state index contributed by atoms with van der Waals surface area (Å²) in [6, 6.07) is 11.6. The fourth-order valence-electron chi connectivity index (χ4n) is 3.50. The Labute approximate surface area is 220 Å². The lowest BCUT2D eigenvalue weighted by Crippen LogP contribution is -2.46. The topological polar surface area (TPSA) is 57.7 Å². The third-order valence-electron chi connectivity index (χ3n) is 5.80. The molecule has 0 N–H and O–H groups in total. The van der Waals surface area contributed by atoms with E-state index in [9.17, 15) is 17.6 Å². The van der Waals surface area contributed by atoms with Crippen LogP contribution in [0, 0.1) is 12.7 Å². The predicted molar refractivity (Wildman–Crippen MR) is 140 cm³/mol. The van der Waals surface area contributed by atoms with Gasteiger partial charge in [-0.1, -0.05) is 42.3 Å². The summed E-state index contributed by atoms with van der Waals surface area (Å²) in [7, 11) is -4.12. The van der Waals surface area contributed by atoms with Crippen LogP contribution in [0.5, 0.6) is 0 Å². The minimum atomic E-state index is -4.12. The van der Waals surface area contributed by atoms with Gasteiger partial charge in [-0.25, -0.2) is 12.8 Å². The number of hydrogen-bond acceptors (Lipinski definition) is 4. The van der Waals surface area contributed by atoms with Gasteiger partial charge in [-0.2, -0.15) is 4.31 Å². The van der Waals surface area contributed by atoms with E-state index >= 15 is 0 Å². The van der Waals surface area contributed by atoms with Gasteiger partial charge in [-0.3, -0.25) is 4.79 Å². The Morgan fingerprint density at radius 2 is 1.77 bits per heavy atom. The first-order valence-electron chi connectivity index (χ1n) is 11.0. The number of hydrogen-bond donors (Lipinski definition) is 0. The number of carbonyl (C=O) groups is 1. The lowest BCUT2D eigenvalue weighted by Gasteiger charge is -2.31. The fourth-order valence-corrected chi connectivity index (χ4v) is 6.81. The zero-order valence-corrected chi connectivity index (χ0v) is 22.8. The molecule has 0 aliphatic rings. The molecule has 3 aromatic rings. The molecule has 1 aromatic heterocycles. The molecule has 0 spiro atoms. The highest BCUT2D eigenvalue weighted by Crippen LogP contribution is 2.29. The SMILES string of the molecule is CC[C@H](C)N(CC(=O)N(Cc1ccc(F)cc1)Cc1sccc1C)S(=O)(=O)c1cc(Cl)ccc1Cl. The molecule has 0 saturated heterocycles. The zero-order chi connectivity index (χ0) is 25.8. The van der Waals surface area contributed by atoms with E-state index < -0.39 is 16.1 Å². The molecule has 0 bridgehead atoms. The van der Waals surface area contributed by atoms with Crippen molar-refractivity contribution in [1.29, 1.82) is 0 Å². The molecule has 10 heteroatoms. The summed E-state index contributed by atoms with van der Waals surface area (Å²) in [5.41, 5.74) is 1.79. The number of halogens is 3. The first kappa shape index (κ1) is 27.6. The molecule has 0 unspecified atom stereocenters. The van der Waals surface area contributed by atoms with E-state index in [1.165, 1.54) is 46.0 Å². The standard InChI is InChI=1S/C25H27Cl2FN2O3S2/c1-4-18(3)30(35(32,33)24-13-20(26)7-10-22(24)27)16-25(31)29(15-23-17(2)11-12-34-23)14-19-5-8-21(28)9-6-19/h5-13,18H,4,14-16H2,1-3H3/t18-/m0/s1. The van der Waals surface area contributed by atoms with Gasteiger partial charge in [0, 0.05) is 22.5 Å². The summed E-state index contributed by atoms with van der Waals surface area (Å²) in [5, 5.41) is 2.21. The molecule has 0 radical (unpaired) electrons. The number of amides is 1. The summed E-state index contributed by atoms with van der Waals surface area (Å²) < 4.78 is 41.8. The third kappa shape index (κ3) is 6.83. The number of aryl methyl sites for hydroxylation is 1. The minimum Gasteiger partial charge on any atom is -0.332 e. The Morgan fingerprint density at radius 1 is 1.09 bits per heavy atom. The third-order valence-corrected chi connectivity index (χ3v) is 9.48. The number of nitrogens with zero attached hydrogens (tertiary/aromatic N) is 2. The van der Waals surface area contributed by atoms with E-state index in [1.54, 1.807) is 24.0 Å². The molecule has 0 fully saturated rings. The normalized spacial score (nSPS) is 12.7. The van der Waals surface area contributed by atoms with Crippen molar-refractivity contribution in [3.05, 3.63) is 85.8 Å². The van der Waals surface area contributed by atoms with Crippen molar-refractivity contribution in [2.45, 2.75) is 51.2 Å². The molecule has 0 aliphatic carbocycles. The summed E-state index contributed by atoms with van der Waals surface area (Å²) in [5.74, 6) is -0.739. The molecule has 35 heavy (non-hydrogen) atoms.